The maximum Gasteiger partial charge on any atom is 0.267 e. The second kappa shape index (κ2) is 14.0. The van der Waals surface area contributed by atoms with Crippen LogP contribution in [-0.4, -0.2) is 55.9 Å². The molecule has 218 valence electrons. The van der Waals surface area contributed by atoms with Gasteiger partial charge < -0.3 is 19.5 Å². The molecule has 1 N–H and O–H groups in total. The summed E-state index contributed by atoms with van der Waals surface area (Å²) in [4.78, 5) is 15.7. The molecule has 8 heteroatoms. The third-order valence-corrected chi connectivity index (χ3v) is 9.45. The van der Waals surface area contributed by atoms with Crippen molar-refractivity contribution in [2.24, 2.45) is 0 Å². The van der Waals surface area contributed by atoms with Crippen LogP contribution in [0.4, 0.5) is 0 Å². The molecule has 1 aromatic heterocycles. The maximum atomic E-state index is 13.2. The Balaban J connectivity index is 1.86. The predicted molar refractivity (Wildman–Crippen MR) is 162 cm³/mol. The first kappa shape index (κ1) is 31.4. The number of aryl methyl sites for hydroxylation is 1. The van der Waals surface area contributed by atoms with Gasteiger partial charge in [0, 0.05) is 30.7 Å². The van der Waals surface area contributed by atoms with Gasteiger partial charge in [0.1, 0.15) is 11.4 Å². The first-order valence-electron chi connectivity index (χ1n) is 14.4. The number of hydrogen-bond acceptors (Lipinski definition) is 5. The molecule has 0 radical (unpaired) electrons. The number of nitrogens with zero attached hydrogens (tertiary/aromatic N) is 2. The number of amides is 1. The van der Waals surface area contributed by atoms with Crippen LogP contribution in [0.25, 0.3) is 0 Å². The lowest BCUT2D eigenvalue weighted by molar-refractivity contribution is 0.0939. The average molecular weight is 568 g/mol. The van der Waals surface area contributed by atoms with Crippen LogP contribution >= 0.6 is 0 Å². The fourth-order valence-electron chi connectivity index (χ4n) is 5.50. The van der Waals surface area contributed by atoms with Crippen LogP contribution in [0.5, 0.6) is 5.75 Å². The van der Waals surface area contributed by atoms with Crippen LogP contribution in [0.2, 0.25) is 0 Å². The number of ether oxygens (including phenoxy) is 1. The lowest BCUT2D eigenvalue weighted by atomic mass is 9.72. The van der Waals surface area contributed by atoms with Crippen molar-refractivity contribution in [2.45, 2.75) is 71.2 Å². The molecule has 0 unspecified atom stereocenters. The summed E-state index contributed by atoms with van der Waals surface area (Å²) in [6.45, 7) is 16.7. The highest BCUT2D eigenvalue weighted by atomic mass is 32.2. The van der Waals surface area contributed by atoms with Gasteiger partial charge in [-0.25, -0.2) is 8.42 Å². The minimum Gasteiger partial charge on any atom is -0.477 e. The quantitative estimate of drug-likeness (QED) is 0.251. The largest absolute Gasteiger partial charge is 0.477 e. The standard InChI is InChI=1S/C32H45N3O4S/c1-7-32(8-2,30-20-18-28(35(30)11-5)31(36)33-21-22-34(9-3)10-4)26-17-19-29(25(6)23-26)39-24-40(37,38)27-15-13-12-14-16-27/h12-20,23H,7-11,21-22,24H2,1-6H3,(H,33,36). The van der Waals surface area contributed by atoms with Crippen LogP contribution in [0.15, 0.2) is 65.6 Å². The molecule has 7 nitrogen and oxygen atoms in total. The van der Waals surface area contributed by atoms with E-state index < -0.39 is 15.8 Å². The molecule has 1 heterocycles. The molecule has 0 aliphatic carbocycles. The number of aromatic nitrogens is 1. The molecule has 0 spiro atoms. The number of benzene rings is 2. The predicted octanol–water partition coefficient (Wildman–Crippen LogP) is 5.80. The fraction of sp³-hybridized carbons (Fsp3) is 0.469. The number of carbonyl (C=O) groups excluding carboxylic acids is 1. The maximum absolute atomic E-state index is 13.2. The first-order valence-corrected chi connectivity index (χ1v) is 16.0. The Morgan fingerprint density at radius 2 is 1.62 bits per heavy atom. The van der Waals surface area contributed by atoms with Crippen molar-refractivity contribution in [1.29, 1.82) is 0 Å². The Labute approximate surface area is 240 Å². The van der Waals surface area contributed by atoms with Crippen molar-refractivity contribution in [1.82, 2.24) is 14.8 Å². The van der Waals surface area contributed by atoms with Crippen molar-refractivity contribution in [3.8, 4) is 5.75 Å². The highest BCUT2D eigenvalue weighted by molar-refractivity contribution is 7.91. The number of likely N-dealkylation sites (N-methyl/N-ethyl adjacent to an activating group) is 1. The molecule has 40 heavy (non-hydrogen) atoms. The Morgan fingerprint density at radius 3 is 2.20 bits per heavy atom. The van der Waals surface area contributed by atoms with Gasteiger partial charge in [0.25, 0.3) is 5.91 Å². The molecular formula is C32H45N3O4S. The van der Waals surface area contributed by atoms with Crippen molar-refractivity contribution in [2.75, 3.05) is 32.1 Å². The topological polar surface area (TPSA) is 80.6 Å². The summed E-state index contributed by atoms with van der Waals surface area (Å²) in [5, 5.41) is 3.10. The minimum absolute atomic E-state index is 0.0547. The molecule has 3 rings (SSSR count). The van der Waals surface area contributed by atoms with Crippen LogP contribution in [0.1, 0.15) is 74.8 Å². The fourth-order valence-corrected chi connectivity index (χ4v) is 6.49. The van der Waals surface area contributed by atoms with E-state index in [2.05, 4.69) is 61.5 Å². The highest BCUT2D eigenvalue weighted by Crippen LogP contribution is 2.41. The van der Waals surface area contributed by atoms with E-state index >= 15 is 0 Å². The molecular weight excluding hydrogens is 522 g/mol. The van der Waals surface area contributed by atoms with Gasteiger partial charge in [0.15, 0.2) is 5.94 Å². The zero-order chi connectivity index (χ0) is 29.3. The lowest BCUT2D eigenvalue weighted by Crippen LogP contribution is -2.36. The van der Waals surface area contributed by atoms with E-state index in [0.717, 1.165) is 49.3 Å². The third kappa shape index (κ3) is 6.78. The van der Waals surface area contributed by atoms with Crippen LogP contribution in [-0.2, 0) is 21.8 Å². The summed E-state index contributed by atoms with van der Waals surface area (Å²) in [6.07, 6.45) is 1.69. The van der Waals surface area contributed by atoms with Gasteiger partial charge in [-0.15, -0.1) is 0 Å². The molecule has 0 aliphatic heterocycles. The second-order valence-electron chi connectivity index (χ2n) is 10.1. The Hall–Kier alpha value is -3.10. The summed E-state index contributed by atoms with van der Waals surface area (Å²) in [5.74, 6) is 0.0689. The van der Waals surface area contributed by atoms with Gasteiger partial charge >= 0.3 is 0 Å². The van der Waals surface area contributed by atoms with E-state index in [1.54, 1.807) is 30.3 Å². The van der Waals surface area contributed by atoms with Gasteiger partial charge in [0.2, 0.25) is 9.84 Å². The minimum atomic E-state index is -3.56. The molecule has 0 saturated heterocycles. The molecule has 2 aromatic carbocycles. The van der Waals surface area contributed by atoms with E-state index in [9.17, 15) is 13.2 Å². The van der Waals surface area contributed by atoms with E-state index in [1.807, 2.05) is 25.1 Å². The van der Waals surface area contributed by atoms with Crippen LogP contribution in [0, 0.1) is 6.92 Å². The smallest absolute Gasteiger partial charge is 0.267 e. The van der Waals surface area contributed by atoms with Crippen molar-refractivity contribution < 1.29 is 17.9 Å². The van der Waals surface area contributed by atoms with Gasteiger partial charge in [-0.2, -0.15) is 0 Å². The number of hydrogen-bond donors (Lipinski definition) is 1. The first-order chi connectivity index (χ1) is 19.2. The Bertz CT molecular complexity index is 1360. The zero-order valence-electron chi connectivity index (χ0n) is 24.9. The van der Waals surface area contributed by atoms with E-state index in [4.69, 9.17) is 4.74 Å². The van der Waals surface area contributed by atoms with Crippen LogP contribution in [0.3, 0.4) is 0 Å². The normalized spacial score (nSPS) is 12.1. The number of sulfone groups is 1. The summed E-state index contributed by atoms with van der Waals surface area (Å²) in [7, 11) is -3.56. The molecule has 0 fully saturated rings. The summed E-state index contributed by atoms with van der Waals surface area (Å²) in [5.41, 5.74) is 3.46. The molecule has 0 aliphatic rings. The summed E-state index contributed by atoms with van der Waals surface area (Å²) in [6, 6.07) is 18.4. The third-order valence-electron chi connectivity index (χ3n) is 8.03. The number of nitrogens with one attached hydrogen (secondary N) is 1. The van der Waals surface area contributed by atoms with E-state index in [-0.39, 0.29) is 16.2 Å². The molecule has 0 atom stereocenters. The molecule has 1 amide bonds. The molecule has 3 aromatic rings. The Kier molecular flexibility index (Phi) is 11.0. The van der Waals surface area contributed by atoms with E-state index in [1.165, 1.54) is 0 Å². The zero-order valence-corrected chi connectivity index (χ0v) is 25.7. The van der Waals surface area contributed by atoms with Gasteiger partial charge in [-0.1, -0.05) is 58.0 Å². The molecule has 0 saturated carbocycles. The van der Waals surface area contributed by atoms with Gasteiger partial charge in [0.05, 0.1) is 4.90 Å². The summed E-state index contributed by atoms with van der Waals surface area (Å²) < 4.78 is 33.4. The SMILES string of the molecule is CCN(CC)CCNC(=O)c1ccc(C(CC)(CC)c2ccc(OCS(=O)(=O)c3ccccc3)c(C)c2)n1CC. The number of rotatable bonds is 15. The molecule has 0 bridgehead atoms. The van der Waals surface area contributed by atoms with Crippen molar-refractivity contribution in [3.63, 3.8) is 0 Å². The monoisotopic (exact) mass is 567 g/mol. The average Bonchev–Trinajstić information content (AvgIpc) is 3.41. The van der Waals surface area contributed by atoms with Crippen LogP contribution < -0.4 is 10.1 Å². The number of carbonyl (C=O) groups is 1. The Morgan fingerprint density at radius 1 is 0.950 bits per heavy atom. The highest BCUT2D eigenvalue weighted by Gasteiger charge is 2.35. The second-order valence-corrected chi connectivity index (χ2v) is 12.0. The lowest BCUT2D eigenvalue weighted by Gasteiger charge is -2.34. The van der Waals surface area contributed by atoms with Crippen molar-refractivity contribution >= 4 is 15.7 Å². The van der Waals surface area contributed by atoms with E-state index in [0.29, 0.717) is 24.5 Å². The van der Waals surface area contributed by atoms with Gasteiger partial charge in [-0.3, -0.25) is 4.79 Å². The summed E-state index contributed by atoms with van der Waals surface area (Å²) >= 11 is 0. The van der Waals surface area contributed by atoms with Crippen molar-refractivity contribution in [3.05, 3.63) is 83.2 Å². The van der Waals surface area contributed by atoms with Gasteiger partial charge in [-0.05, 0) is 81.2 Å².